The molecule has 0 aliphatic carbocycles. The van der Waals surface area contributed by atoms with Crippen molar-refractivity contribution >= 4 is 22.5 Å². The second-order valence-corrected chi connectivity index (χ2v) is 6.50. The highest BCUT2D eigenvalue weighted by Gasteiger charge is 2.22. The molecule has 0 N–H and O–H groups in total. The van der Waals surface area contributed by atoms with Crippen molar-refractivity contribution in [2.75, 3.05) is 40.3 Å². The molecule has 1 aromatic heterocycles. The normalized spacial score (nSPS) is 19.9. The van der Waals surface area contributed by atoms with E-state index >= 15 is 0 Å². The molecule has 1 aliphatic rings. The summed E-state index contributed by atoms with van der Waals surface area (Å²) in [5.74, 6) is 0. The Balaban J connectivity index is 1.79. The van der Waals surface area contributed by atoms with Gasteiger partial charge in [0, 0.05) is 48.3 Å². The number of aromatic nitrogens is 1. The number of pyridine rings is 1. The first-order valence-electron chi connectivity index (χ1n) is 7.64. The maximum atomic E-state index is 6.44. The minimum atomic E-state index is 0.255. The van der Waals surface area contributed by atoms with Crippen LogP contribution in [0.2, 0.25) is 5.02 Å². The average Bonchev–Trinajstić information content (AvgIpc) is 2.50. The van der Waals surface area contributed by atoms with Gasteiger partial charge in [-0.2, -0.15) is 0 Å². The van der Waals surface area contributed by atoms with Crippen LogP contribution < -0.4 is 0 Å². The Morgan fingerprint density at radius 1 is 1.36 bits per heavy atom. The van der Waals surface area contributed by atoms with Crippen LogP contribution >= 0.6 is 11.6 Å². The molecular weight excluding hydrogens is 298 g/mol. The number of hydrogen-bond acceptors (Lipinski definition) is 4. The van der Waals surface area contributed by atoms with Crippen LogP contribution in [0.5, 0.6) is 0 Å². The minimum Gasteiger partial charge on any atom is -0.374 e. The van der Waals surface area contributed by atoms with Crippen LogP contribution in [0.3, 0.4) is 0 Å². The van der Waals surface area contributed by atoms with E-state index in [0.717, 1.165) is 54.3 Å². The third-order valence-electron chi connectivity index (χ3n) is 4.00. The molecule has 0 bridgehead atoms. The van der Waals surface area contributed by atoms with Gasteiger partial charge in [0.15, 0.2) is 0 Å². The molecular formula is C17H22ClN3O. The van der Waals surface area contributed by atoms with Crippen LogP contribution in [-0.2, 0) is 11.3 Å². The number of fused-ring (bicyclic) bond motifs is 1. The van der Waals surface area contributed by atoms with Gasteiger partial charge < -0.3 is 9.64 Å². The standard InChI is InChI=1S/C17H22ClN3O/c1-20(2)10-14-11-21(8-9-22-14)12-15-16(18)6-5-13-4-3-7-19-17(13)15/h3-7,14H,8-12H2,1-2H3/t14-/m1/s1. The van der Waals surface area contributed by atoms with Gasteiger partial charge in [-0.05, 0) is 26.2 Å². The Bertz CT molecular complexity index is 647. The highest BCUT2D eigenvalue weighted by atomic mass is 35.5. The van der Waals surface area contributed by atoms with Crippen molar-refractivity contribution in [1.82, 2.24) is 14.8 Å². The molecule has 1 aliphatic heterocycles. The van der Waals surface area contributed by atoms with E-state index in [9.17, 15) is 0 Å². The summed E-state index contributed by atoms with van der Waals surface area (Å²) in [5.41, 5.74) is 2.12. The largest absolute Gasteiger partial charge is 0.374 e. The number of benzene rings is 1. The minimum absolute atomic E-state index is 0.255. The highest BCUT2D eigenvalue weighted by Crippen LogP contribution is 2.26. The van der Waals surface area contributed by atoms with Gasteiger partial charge in [0.05, 0.1) is 18.2 Å². The van der Waals surface area contributed by atoms with E-state index in [2.05, 4.69) is 34.9 Å². The summed E-state index contributed by atoms with van der Waals surface area (Å²) in [5, 5.41) is 1.93. The molecule has 0 amide bonds. The zero-order valence-electron chi connectivity index (χ0n) is 13.1. The van der Waals surface area contributed by atoms with E-state index in [4.69, 9.17) is 16.3 Å². The summed E-state index contributed by atoms with van der Waals surface area (Å²) in [6.45, 7) is 4.40. The van der Waals surface area contributed by atoms with Gasteiger partial charge in [-0.1, -0.05) is 23.7 Å². The van der Waals surface area contributed by atoms with Crippen LogP contribution in [0.15, 0.2) is 30.5 Å². The van der Waals surface area contributed by atoms with Gasteiger partial charge in [0.1, 0.15) is 0 Å². The first-order valence-corrected chi connectivity index (χ1v) is 8.02. The smallest absolute Gasteiger partial charge is 0.0829 e. The summed E-state index contributed by atoms with van der Waals surface area (Å²) >= 11 is 6.44. The summed E-state index contributed by atoms with van der Waals surface area (Å²) in [6.07, 6.45) is 2.08. The predicted octanol–water partition coefficient (Wildman–Crippen LogP) is 2.65. The van der Waals surface area contributed by atoms with Crippen LogP contribution in [0.4, 0.5) is 0 Å². The zero-order valence-corrected chi connectivity index (χ0v) is 13.9. The van der Waals surface area contributed by atoms with Crippen molar-refractivity contribution in [2.45, 2.75) is 12.6 Å². The summed E-state index contributed by atoms with van der Waals surface area (Å²) in [6, 6.07) is 8.04. The Hall–Kier alpha value is -1.20. The molecule has 4 nitrogen and oxygen atoms in total. The quantitative estimate of drug-likeness (QED) is 0.866. The van der Waals surface area contributed by atoms with Crippen molar-refractivity contribution in [2.24, 2.45) is 0 Å². The van der Waals surface area contributed by atoms with Crippen molar-refractivity contribution in [3.8, 4) is 0 Å². The molecule has 2 aromatic rings. The molecule has 2 heterocycles. The number of rotatable bonds is 4. The number of ether oxygens (including phenoxy) is 1. The van der Waals surface area contributed by atoms with Crippen LogP contribution in [-0.4, -0.2) is 61.2 Å². The van der Waals surface area contributed by atoms with Gasteiger partial charge in [0.25, 0.3) is 0 Å². The van der Waals surface area contributed by atoms with Crippen molar-refractivity contribution in [3.63, 3.8) is 0 Å². The summed E-state index contributed by atoms with van der Waals surface area (Å²) < 4.78 is 5.84. The highest BCUT2D eigenvalue weighted by molar-refractivity contribution is 6.32. The summed E-state index contributed by atoms with van der Waals surface area (Å²) in [7, 11) is 4.15. The molecule has 3 rings (SSSR count). The predicted molar refractivity (Wildman–Crippen MR) is 90.3 cm³/mol. The van der Waals surface area contributed by atoms with Crippen LogP contribution in [0, 0.1) is 0 Å². The van der Waals surface area contributed by atoms with E-state index in [1.54, 1.807) is 0 Å². The van der Waals surface area contributed by atoms with Crippen molar-refractivity contribution in [1.29, 1.82) is 0 Å². The fourth-order valence-electron chi connectivity index (χ4n) is 3.00. The molecule has 0 radical (unpaired) electrons. The second-order valence-electron chi connectivity index (χ2n) is 6.09. The molecule has 0 saturated carbocycles. The second kappa shape index (κ2) is 6.92. The lowest BCUT2D eigenvalue weighted by atomic mass is 10.1. The molecule has 118 valence electrons. The number of halogens is 1. The molecule has 1 fully saturated rings. The molecule has 0 spiro atoms. The van der Waals surface area contributed by atoms with Gasteiger partial charge in [-0.25, -0.2) is 0 Å². The molecule has 0 unspecified atom stereocenters. The SMILES string of the molecule is CN(C)C[C@@H]1CN(Cc2c(Cl)ccc3cccnc23)CCO1. The monoisotopic (exact) mass is 319 g/mol. The molecule has 1 atom stereocenters. The third-order valence-corrected chi connectivity index (χ3v) is 4.35. The Kier molecular flexibility index (Phi) is 4.93. The lowest BCUT2D eigenvalue weighted by Gasteiger charge is -2.34. The molecule has 1 aromatic carbocycles. The number of hydrogen-bond donors (Lipinski definition) is 0. The van der Waals surface area contributed by atoms with Crippen LogP contribution in [0.1, 0.15) is 5.56 Å². The van der Waals surface area contributed by atoms with E-state index in [-0.39, 0.29) is 6.10 Å². The van der Waals surface area contributed by atoms with Gasteiger partial charge in [0.2, 0.25) is 0 Å². The molecule has 22 heavy (non-hydrogen) atoms. The third kappa shape index (κ3) is 3.58. The Labute approximate surface area is 136 Å². The Morgan fingerprint density at radius 3 is 3.05 bits per heavy atom. The number of morpholine rings is 1. The summed E-state index contributed by atoms with van der Waals surface area (Å²) in [4.78, 5) is 9.10. The average molecular weight is 320 g/mol. The van der Waals surface area contributed by atoms with Crippen molar-refractivity contribution in [3.05, 3.63) is 41.0 Å². The lowest BCUT2D eigenvalue weighted by Crippen LogP contribution is -2.46. The zero-order chi connectivity index (χ0) is 15.5. The van der Waals surface area contributed by atoms with Gasteiger partial charge in [-0.3, -0.25) is 9.88 Å². The lowest BCUT2D eigenvalue weighted by molar-refractivity contribution is -0.0405. The number of likely N-dealkylation sites (N-methyl/N-ethyl adjacent to an activating group) is 1. The topological polar surface area (TPSA) is 28.6 Å². The Morgan fingerprint density at radius 2 is 2.23 bits per heavy atom. The van der Waals surface area contributed by atoms with E-state index in [0.29, 0.717) is 0 Å². The van der Waals surface area contributed by atoms with E-state index in [1.807, 2.05) is 24.4 Å². The maximum absolute atomic E-state index is 6.44. The maximum Gasteiger partial charge on any atom is 0.0829 e. The molecule has 1 saturated heterocycles. The number of nitrogens with zero attached hydrogens (tertiary/aromatic N) is 3. The first kappa shape index (κ1) is 15.7. The molecule has 5 heteroatoms. The van der Waals surface area contributed by atoms with Gasteiger partial charge >= 0.3 is 0 Å². The van der Waals surface area contributed by atoms with Gasteiger partial charge in [-0.15, -0.1) is 0 Å². The van der Waals surface area contributed by atoms with E-state index in [1.165, 1.54) is 0 Å². The van der Waals surface area contributed by atoms with Crippen molar-refractivity contribution < 1.29 is 4.74 Å². The first-order chi connectivity index (χ1) is 10.6. The fraction of sp³-hybridized carbons (Fsp3) is 0.471. The fourth-order valence-corrected chi connectivity index (χ4v) is 3.21. The van der Waals surface area contributed by atoms with Crippen LogP contribution in [0.25, 0.3) is 10.9 Å². The van der Waals surface area contributed by atoms with E-state index < -0.39 is 0 Å².